The van der Waals surface area contributed by atoms with Crippen LogP contribution in [-0.2, 0) is 17.1 Å². The van der Waals surface area contributed by atoms with Crippen LogP contribution in [0.3, 0.4) is 0 Å². The van der Waals surface area contributed by atoms with Gasteiger partial charge in [-0.3, -0.25) is 29.9 Å². The summed E-state index contributed by atoms with van der Waals surface area (Å²) in [7, 11) is 0. The molecule has 79 heavy (non-hydrogen) atoms. The van der Waals surface area contributed by atoms with Gasteiger partial charge in [0.15, 0.2) is 0 Å². The summed E-state index contributed by atoms with van der Waals surface area (Å²) in [6.45, 7) is 0. The summed E-state index contributed by atoms with van der Waals surface area (Å²) in [5.74, 6) is 0. The molecule has 15 aromatic rings. The smallest absolute Gasteiger partial charge is 0.0970 e. The Morgan fingerprint density at radius 1 is 0.152 bits per heavy atom. The molecule has 0 aliphatic heterocycles. The van der Waals surface area contributed by atoms with Crippen molar-refractivity contribution < 1.29 is 17.1 Å². The fourth-order valence-corrected chi connectivity index (χ4v) is 10.7. The van der Waals surface area contributed by atoms with E-state index in [4.69, 9.17) is 0 Å². The molecule has 0 fully saturated rings. The van der Waals surface area contributed by atoms with E-state index in [0.29, 0.717) is 0 Å². The Morgan fingerprint density at radius 2 is 0.291 bits per heavy atom. The molecule has 0 saturated carbocycles. The summed E-state index contributed by atoms with van der Waals surface area (Å²) in [6, 6.07) is 88.0. The molecule has 6 nitrogen and oxygen atoms in total. The van der Waals surface area contributed by atoms with Crippen molar-refractivity contribution in [2.24, 2.45) is 0 Å². The van der Waals surface area contributed by atoms with E-state index in [0.717, 1.165) is 65.4 Å². The minimum Gasteiger partial charge on any atom is -0.254 e. The molecule has 0 N–H and O–H groups in total. The van der Waals surface area contributed by atoms with Gasteiger partial charge in [-0.15, -0.1) is 0 Å². The summed E-state index contributed by atoms with van der Waals surface area (Å²) in [5.41, 5.74) is 19.9. The van der Waals surface area contributed by atoms with Crippen LogP contribution < -0.4 is 0 Å². The molecule has 0 bridgehead atoms. The molecule has 15 rings (SSSR count). The van der Waals surface area contributed by atoms with E-state index in [1.807, 2.05) is 73.6 Å². The molecule has 0 spiro atoms. The van der Waals surface area contributed by atoms with Gasteiger partial charge in [-0.25, -0.2) is 0 Å². The van der Waals surface area contributed by atoms with Gasteiger partial charge in [-0.1, -0.05) is 218 Å². The van der Waals surface area contributed by atoms with Gasteiger partial charge < -0.3 is 0 Å². The molecule has 0 unspecified atom stereocenters. The van der Waals surface area contributed by atoms with E-state index in [1.54, 1.807) is 0 Å². The van der Waals surface area contributed by atoms with Gasteiger partial charge in [-0.2, -0.15) is 0 Å². The van der Waals surface area contributed by atoms with Crippen LogP contribution in [0.15, 0.2) is 292 Å². The topological polar surface area (TPSA) is 77.3 Å². The van der Waals surface area contributed by atoms with Gasteiger partial charge in [0.05, 0.1) is 33.1 Å². The molecule has 0 aliphatic carbocycles. The normalized spacial score (nSPS) is 10.9. The Bertz CT molecular complexity index is 3820. The van der Waals surface area contributed by atoms with Crippen LogP contribution >= 0.6 is 0 Å². The Hall–Kier alpha value is -10.0. The van der Waals surface area contributed by atoms with Crippen LogP contribution in [0.1, 0.15) is 0 Å². The molecule has 6 heterocycles. The first-order valence-corrected chi connectivity index (χ1v) is 26.1. The summed E-state index contributed by atoms with van der Waals surface area (Å²) in [6.07, 6.45) is 11.3. The van der Waals surface area contributed by atoms with Crippen LogP contribution in [0.2, 0.25) is 0 Å². The van der Waals surface area contributed by atoms with E-state index >= 15 is 0 Å². The number of fused-ring (bicyclic) bond motifs is 9. The fraction of sp³-hybridized carbons (Fsp3) is 0. The summed E-state index contributed by atoms with van der Waals surface area (Å²) >= 11 is 0. The molecule has 7 heteroatoms. The molecule has 0 amide bonds. The molecular formula is C72H48FeN6. The summed E-state index contributed by atoms with van der Waals surface area (Å²) < 4.78 is 0. The van der Waals surface area contributed by atoms with Gasteiger partial charge in [-0.05, 0) is 103 Å². The maximum Gasteiger partial charge on any atom is 0.0970 e. The number of pyridine rings is 6. The van der Waals surface area contributed by atoms with Crippen molar-refractivity contribution in [2.45, 2.75) is 0 Å². The second-order valence-corrected chi connectivity index (χ2v) is 18.9. The average Bonchev–Trinajstić information content (AvgIpc) is 3.63. The molecule has 0 saturated heterocycles. The van der Waals surface area contributed by atoms with Gasteiger partial charge in [0.2, 0.25) is 0 Å². The van der Waals surface area contributed by atoms with E-state index in [2.05, 4.69) is 248 Å². The third kappa shape index (κ3) is 9.88. The molecular weight excluding hydrogens is 1000 g/mol. The van der Waals surface area contributed by atoms with Crippen LogP contribution in [0.5, 0.6) is 0 Å². The van der Waals surface area contributed by atoms with Crippen molar-refractivity contribution in [3.05, 3.63) is 292 Å². The second-order valence-electron chi connectivity index (χ2n) is 18.9. The number of nitrogens with zero attached hydrogens (tertiary/aromatic N) is 6. The fourth-order valence-electron chi connectivity index (χ4n) is 10.7. The maximum absolute atomic E-state index is 4.67. The monoisotopic (exact) mass is 1050 g/mol. The Morgan fingerprint density at radius 3 is 0.430 bits per heavy atom. The predicted octanol–water partition coefficient (Wildman–Crippen LogP) is 18.3. The molecule has 6 aromatic heterocycles. The Labute approximate surface area is 468 Å². The zero-order valence-corrected chi connectivity index (χ0v) is 43.9. The molecule has 374 valence electrons. The number of aromatic nitrogens is 6. The van der Waals surface area contributed by atoms with Crippen molar-refractivity contribution >= 4 is 65.4 Å². The van der Waals surface area contributed by atoms with E-state index < -0.39 is 0 Å². The standard InChI is InChI=1S/3C24H16N2.Fe/c3*1-3-7-17(8-4-1)19-13-15-25-23-21(19)11-12-22-20(14-16-26-24(22)23)18-9-5-2-6-10-18;/h3*1-16H;. The number of hydrogen-bond acceptors (Lipinski definition) is 6. The molecule has 9 aromatic carbocycles. The van der Waals surface area contributed by atoms with Crippen molar-refractivity contribution in [3.63, 3.8) is 0 Å². The first-order chi connectivity index (χ1) is 38.7. The second kappa shape index (κ2) is 22.7. The largest absolute Gasteiger partial charge is 0.254 e. The first kappa shape index (κ1) is 49.8. The third-order valence-electron chi connectivity index (χ3n) is 14.4. The van der Waals surface area contributed by atoms with E-state index in [1.165, 1.54) is 66.8 Å². The number of benzene rings is 9. The predicted molar refractivity (Wildman–Crippen MR) is 324 cm³/mol. The summed E-state index contributed by atoms with van der Waals surface area (Å²) in [4.78, 5) is 28.0. The van der Waals surface area contributed by atoms with Gasteiger partial charge in [0.1, 0.15) is 0 Å². The van der Waals surface area contributed by atoms with E-state index in [9.17, 15) is 0 Å². The zero-order chi connectivity index (χ0) is 52.0. The van der Waals surface area contributed by atoms with Crippen molar-refractivity contribution in [2.75, 3.05) is 0 Å². The number of rotatable bonds is 6. The van der Waals surface area contributed by atoms with Crippen LogP contribution in [0.25, 0.3) is 132 Å². The Kier molecular flexibility index (Phi) is 14.3. The van der Waals surface area contributed by atoms with Crippen LogP contribution in [0, 0.1) is 0 Å². The van der Waals surface area contributed by atoms with E-state index in [-0.39, 0.29) is 17.1 Å². The maximum atomic E-state index is 4.67. The average molecular weight is 1050 g/mol. The van der Waals surface area contributed by atoms with Crippen LogP contribution in [-0.4, -0.2) is 29.9 Å². The minimum absolute atomic E-state index is 0. The van der Waals surface area contributed by atoms with Crippen molar-refractivity contribution in [3.8, 4) is 66.8 Å². The van der Waals surface area contributed by atoms with Crippen LogP contribution in [0.4, 0.5) is 0 Å². The zero-order valence-electron chi connectivity index (χ0n) is 42.7. The minimum atomic E-state index is 0. The molecule has 0 atom stereocenters. The SMILES string of the molecule is [Fe].c1ccc(-c2ccnc3c2ccc2c(-c4ccccc4)ccnc23)cc1.c1ccc(-c2ccnc3c2ccc2c(-c4ccccc4)ccnc23)cc1.c1ccc(-c2ccnc3c2ccc2c(-c4ccccc4)ccnc23)cc1. The van der Waals surface area contributed by atoms with Gasteiger partial charge >= 0.3 is 0 Å². The first-order valence-electron chi connectivity index (χ1n) is 26.1. The quantitative estimate of drug-likeness (QED) is 0.122. The third-order valence-corrected chi connectivity index (χ3v) is 14.4. The van der Waals surface area contributed by atoms with Crippen molar-refractivity contribution in [1.82, 2.24) is 29.9 Å². The Balaban J connectivity index is 0.000000118. The summed E-state index contributed by atoms with van der Waals surface area (Å²) in [5, 5.41) is 6.77. The molecule has 0 radical (unpaired) electrons. The van der Waals surface area contributed by atoms with Gasteiger partial charge in [0.25, 0.3) is 0 Å². The molecule has 0 aliphatic rings. The van der Waals surface area contributed by atoms with Gasteiger partial charge in [0, 0.05) is 86.6 Å². The number of hydrogen-bond donors (Lipinski definition) is 0. The van der Waals surface area contributed by atoms with Crippen molar-refractivity contribution in [1.29, 1.82) is 0 Å².